The quantitative estimate of drug-likeness (QED) is 0.446. The molecule has 18 heavy (non-hydrogen) atoms. The minimum absolute atomic E-state index is 0.0680. The Labute approximate surface area is 106 Å². The van der Waals surface area contributed by atoms with Crippen LogP contribution >= 0.6 is 0 Å². The lowest BCUT2D eigenvalue weighted by Crippen LogP contribution is -2.37. The first kappa shape index (κ1) is 16.4. The number of carboxylic acid groups (broad SMARTS) is 2. The third kappa shape index (κ3) is 10.9. The number of hydrogen-bond donors (Lipinski definition) is 3. The normalized spacial score (nSPS) is 10.5. The number of unbranched alkanes of at least 4 members (excludes halogenated alkanes) is 3. The fourth-order valence-electron chi connectivity index (χ4n) is 1.59. The molecule has 4 N–H and O–H groups in total. The van der Waals surface area contributed by atoms with E-state index in [1.54, 1.807) is 0 Å². The van der Waals surface area contributed by atoms with E-state index in [0.717, 1.165) is 19.3 Å². The summed E-state index contributed by atoms with van der Waals surface area (Å²) >= 11 is 0. The topological polar surface area (TPSA) is 121 Å². The second-order valence-corrected chi connectivity index (χ2v) is 4.13. The van der Waals surface area contributed by atoms with Gasteiger partial charge in [-0.25, -0.2) is 0 Å². The van der Waals surface area contributed by atoms with Crippen molar-refractivity contribution in [2.75, 3.05) is 19.6 Å². The fraction of sp³-hybridized carbons (Fsp3) is 0.727. The average Bonchev–Trinajstić information content (AvgIpc) is 2.20. The number of hydrogen-bond acceptors (Lipinski definition) is 4. The van der Waals surface area contributed by atoms with E-state index in [1.165, 1.54) is 4.90 Å². The van der Waals surface area contributed by atoms with E-state index in [1.807, 2.05) is 0 Å². The molecule has 0 rings (SSSR count). The Morgan fingerprint density at radius 3 is 2.00 bits per heavy atom. The van der Waals surface area contributed by atoms with Crippen LogP contribution in [0, 0.1) is 0 Å². The monoisotopic (exact) mass is 260 g/mol. The zero-order valence-corrected chi connectivity index (χ0v) is 10.3. The van der Waals surface area contributed by atoms with Gasteiger partial charge in [0.25, 0.3) is 0 Å². The standard InChI is InChI=1S/C11H20N2O5/c12-9(14)7-13(8-11(17)18)6-4-2-1-3-5-10(15)16/h1-8H2,(H2,12,14)(H,15,16)(H,17,18). The predicted octanol–water partition coefficient (Wildman–Crippen LogP) is -0.107. The summed E-state index contributed by atoms with van der Waals surface area (Å²) in [6.45, 7) is 0.196. The van der Waals surface area contributed by atoms with Crippen molar-refractivity contribution in [3.63, 3.8) is 0 Å². The Morgan fingerprint density at radius 2 is 1.50 bits per heavy atom. The molecule has 0 saturated carbocycles. The highest BCUT2D eigenvalue weighted by Gasteiger charge is 2.11. The van der Waals surface area contributed by atoms with Crippen molar-refractivity contribution in [1.29, 1.82) is 0 Å². The summed E-state index contributed by atoms with van der Waals surface area (Å²) in [5, 5.41) is 17.1. The predicted molar refractivity (Wildman–Crippen MR) is 64.0 cm³/mol. The second-order valence-electron chi connectivity index (χ2n) is 4.13. The summed E-state index contributed by atoms with van der Waals surface area (Å²) in [5.41, 5.74) is 5.02. The first-order valence-corrected chi connectivity index (χ1v) is 5.86. The Hall–Kier alpha value is -1.63. The number of carboxylic acids is 2. The number of rotatable bonds is 11. The molecule has 0 fully saturated rings. The molecular formula is C11H20N2O5. The average molecular weight is 260 g/mol. The minimum atomic E-state index is -0.998. The van der Waals surface area contributed by atoms with Gasteiger partial charge in [0.2, 0.25) is 5.91 Å². The first-order chi connectivity index (χ1) is 8.41. The number of aliphatic carboxylic acids is 2. The molecule has 0 aromatic carbocycles. The van der Waals surface area contributed by atoms with E-state index in [4.69, 9.17) is 15.9 Å². The van der Waals surface area contributed by atoms with Gasteiger partial charge in [0.05, 0.1) is 13.1 Å². The third-order valence-electron chi connectivity index (χ3n) is 2.35. The van der Waals surface area contributed by atoms with Crippen molar-refractivity contribution >= 4 is 17.8 Å². The fourth-order valence-corrected chi connectivity index (χ4v) is 1.59. The Bertz CT molecular complexity index is 277. The van der Waals surface area contributed by atoms with Crippen molar-refractivity contribution in [2.45, 2.75) is 32.1 Å². The summed E-state index contributed by atoms with van der Waals surface area (Å²) in [6, 6.07) is 0. The number of nitrogens with two attached hydrogens (primary N) is 1. The molecule has 0 aromatic rings. The molecular weight excluding hydrogens is 240 g/mol. The van der Waals surface area contributed by atoms with E-state index in [-0.39, 0.29) is 19.5 Å². The first-order valence-electron chi connectivity index (χ1n) is 5.86. The summed E-state index contributed by atoms with van der Waals surface area (Å²) in [7, 11) is 0. The zero-order chi connectivity index (χ0) is 14.0. The second kappa shape index (κ2) is 9.41. The van der Waals surface area contributed by atoms with Crippen LogP contribution < -0.4 is 5.73 Å². The SMILES string of the molecule is NC(=O)CN(CCCCCCC(=O)O)CC(=O)O. The molecule has 0 aliphatic carbocycles. The van der Waals surface area contributed by atoms with Gasteiger partial charge >= 0.3 is 11.9 Å². The highest BCUT2D eigenvalue weighted by Crippen LogP contribution is 2.04. The van der Waals surface area contributed by atoms with Crippen LogP contribution in [0.4, 0.5) is 0 Å². The van der Waals surface area contributed by atoms with Crippen LogP contribution in [-0.2, 0) is 14.4 Å². The van der Waals surface area contributed by atoms with Gasteiger partial charge in [0, 0.05) is 6.42 Å². The van der Waals surface area contributed by atoms with E-state index in [2.05, 4.69) is 0 Å². The summed E-state index contributed by atoms with van der Waals surface area (Å²) in [5.74, 6) is -2.36. The van der Waals surface area contributed by atoms with Gasteiger partial charge in [-0.1, -0.05) is 12.8 Å². The van der Waals surface area contributed by atoms with Gasteiger partial charge in [0.15, 0.2) is 0 Å². The lowest BCUT2D eigenvalue weighted by Gasteiger charge is -2.17. The summed E-state index contributed by atoms with van der Waals surface area (Å²) < 4.78 is 0. The number of carbonyl (C=O) groups excluding carboxylic acids is 1. The van der Waals surface area contributed by atoms with Gasteiger partial charge in [-0.2, -0.15) is 0 Å². The van der Waals surface area contributed by atoms with Crippen LogP contribution in [0.15, 0.2) is 0 Å². The maximum atomic E-state index is 10.7. The van der Waals surface area contributed by atoms with Crippen LogP contribution in [0.3, 0.4) is 0 Å². The maximum Gasteiger partial charge on any atom is 0.317 e. The van der Waals surface area contributed by atoms with E-state index in [0.29, 0.717) is 13.0 Å². The number of amides is 1. The summed E-state index contributed by atoms with van der Waals surface area (Å²) in [4.78, 5) is 33.0. The van der Waals surface area contributed by atoms with Crippen molar-refractivity contribution in [3.05, 3.63) is 0 Å². The highest BCUT2D eigenvalue weighted by atomic mass is 16.4. The third-order valence-corrected chi connectivity index (χ3v) is 2.35. The molecule has 0 bridgehead atoms. The smallest absolute Gasteiger partial charge is 0.317 e. The molecule has 0 aliphatic heterocycles. The molecule has 0 saturated heterocycles. The molecule has 0 spiro atoms. The van der Waals surface area contributed by atoms with Crippen molar-refractivity contribution in [2.24, 2.45) is 5.73 Å². The van der Waals surface area contributed by atoms with Gasteiger partial charge in [-0.05, 0) is 19.4 Å². The zero-order valence-electron chi connectivity index (χ0n) is 10.3. The Kier molecular flexibility index (Phi) is 8.55. The largest absolute Gasteiger partial charge is 0.481 e. The molecule has 0 radical (unpaired) electrons. The molecule has 0 aliphatic rings. The lowest BCUT2D eigenvalue weighted by molar-refractivity contribution is -0.139. The van der Waals surface area contributed by atoms with Crippen LogP contribution in [0.25, 0.3) is 0 Å². The molecule has 0 atom stereocenters. The Morgan fingerprint density at radius 1 is 0.889 bits per heavy atom. The van der Waals surface area contributed by atoms with E-state index in [9.17, 15) is 14.4 Å². The van der Waals surface area contributed by atoms with Gasteiger partial charge in [-0.15, -0.1) is 0 Å². The van der Waals surface area contributed by atoms with Crippen LogP contribution in [0.2, 0.25) is 0 Å². The van der Waals surface area contributed by atoms with Gasteiger partial charge in [-0.3, -0.25) is 19.3 Å². The van der Waals surface area contributed by atoms with Crippen LogP contribution in [-0.4, -0.2) is 52.6 Å². The van der Waals surface area contributed by atoms with Crippen molar-refractivity contribution < 1.29 is 24.6 Å². The van der Waals surface area contributed by atoms with E-state index >= 15 is 0 Å². The number of nitrogens with zero attached hydrogens (tertiary/aromatic N) is 1. The number of primary amides is 1. The molecule has 104 valence electrons. The highest BCUT2D eigenvalue weighted by molar-refractivity contribution is 5.77. The van der Waals surface area contributed by atoms with Crippen molar-refractivity contribution in [3.8, 4) is 0 Å². The molecule has 0 heterocycles. The molecule has 0 unspecified atom stereocenters. The van der Waals surface area contributed by atoms with Gasteiger partial charge < -0.3 is 15.9 Å². The van der Waals surface area contributed by atoms with Crippen molar-refractivity contribution in [1.82, 2.24) is 4.90 Å². The number of carbonyl (C=O) groups is 3. The lowest BCUT2D eigenvalue weighted by atomic mass is 10.1. The van der Waals surface area contributed by atoms with Gasteiger partial charge in [0.1, 0.15) is 0 Å². The van der Waals surface area contributed by atoms with Crippen LogP contribution in [0.1, 0.15) is 32.1 Å². The van der Waals surface area contributed by atoms with E-state index < -0.39 is 17.8 Å². The van der Waals surface area contributed by atoms with Crippen LogP contribution in [0.5, 0.6) is 0 Å². The minimum Gasteiger partial charge on any atom is -0.481 e. The molecule has 7 heteroatoms. The summed E-state index contributed by atoms with van der Waals surface area (Å²) in [6.07, 6.45) is 3.08. The molecule has 1 amide bonds. The Balaban J connectivity index is 3.72. The maximum absolute atomic E-state index is 10.7. The molecule has 7 nitrogen and oxygen atoms in total. The molecule has 0 aromatic heterocycles.